The van der Waals surface area contributed by atoms with Crippen LogP contribution >= 0.6 is 23.2 Å². The van der Waals surface area contributed by atoms with Gasteiger partial charge in [-0.1, -0.05) is 49.2 Å². The number of carbonyl (C=O) groups is 1. The van der Waals surface area contributed by atoms with E-state index >= 15 is 0 Å². The Balaban J connectivity index is 2.17. The topological polar surface area (TPSA) is 75.7 Å². The first-order chi connectivity index (χ1) is 13.6. The van der Waals surface area contributed by atoms with Crippen LogP contribution in [0.25, 0.3) is 0 Å². The van der Waals surface area contributed by atoms with Gasteiger partial charge in [0, 0.05) is 18.8 Å². The maximum atomic E-state index is 12.8. The maximum Gasteiger partial charge on any atom is 0.322 e. The number of benzene rings is 2. The second kappa shape index (κ2) is 10.2. The minimum atomic E-state index is -3.62. The molecule has 0 saturated carbocycles. The first kappa shape index (κ1) is 23.3. The Morgan fingerprint density at radius 2 is 1.86 bits per heavy atom. The summed E-state index contributed by atoms with van der Waals surface area (Å²) in [4.78, 5) is 14.5. The summed E-state index contributed by atoms with van der Waals surface area (Å²) >= 11 is 11.9. The van der Waals surface area contributed by atoms with Gasteiger partial charge in [0.1, 0.15) is 5.75 Å². The standard InChI is InChI=1S/C20H24Cl2N2O4S/c1-4-29(26,27)28-17-7-5-6-15(10-17)13-24(12-14(2)3)20(25)23-16-8-9-18(21)19(22)11-16/h5-11,14H,4,12-13H2,1-3H3,(H,23,25). The number of carbonyl (C=O) groups excluding carboxylic acids is 1. The van der Waals surface area contributed by atoms with Gasteiger partial charge in [0.05, 0.1) is 15.8 Å². The molecule has 0 aliphatic heterocycles. The zero-order chi connectivity index (χ0) is 21.6. The molecule has 0 saturated heterocycles. The number of rotatable bonds is 8. The monoisotopic (exact) mass is 458 g/mol. The molecule has 2 rings (SSSR count). The van der Waals surface area contributed by atoms with Crippen molar-refractivity contribution in [1.82, 2.24) is 4.90 Å². The summed E-state index contributed by atoms with van der Waals surface area (Å²) in [6.07, 6.45) is 0. The van der Waals surface area contributed by atoms with Crippen molar-refractivity contribution in [3.8, 4) is 5.75 Å². The number of urea groups is 1. The molecule has 158 valence electrons. The predicted molar refractivity (Wildman–Crippen MR) is 117 cm³/mol. The smallest absolute Gasteiger partial charge is 0.322 e. The van der Waals surface area contributed by atoms with Gasteiger partial charge < -0.3 is 14.4 Å². The highest BCUT2D eigenvalue weighted by Crippen LogP contribution is 2.25. The van der Waals surface area contributed by atoms with Gasteiger partial charge in [-0.15, -0.1) is 0 Å². The van der Waals surface area contributed by atoms with E-state index < -0.39 is 10.1 Å². The van der Waals surface area contributed by atoms with Crippen molar-refractivity contribution >= 4 is 45.0 Å². The highest BCUT2D eigenvalue weighted by atomic mass is 35.5. The third-order valence-corrected chi connectivity index (χ3v) is 5.78. The zero-order valence-electron chi connectivity index (χ0n) is 16.5. The molecule has 0 aliphatic rings. The number of nitrogens with zero attached hydrogens (tertiary/aromatic N) is 1. The highest BCUT2D eigenvalue weighted by molar-refractivity contribution is 7.87. The van der Waals surface area contributed by atoms with E-state index in [4.69, 9.17) is 27.4 Å². The van der Waals surface area contributed by atoms with Crippen molar-refractivity contribution in [2.24, 2.45) is 5.92 Å². The molecule has 0 atom stereocenters. The van der Waals surface area contributed by atoms with E-state index in [2.05, 4.69) is 5.32 Å². The second-order valence-electron chi connectivity index (χ2n) is 6.91. The average molecular weight is 459 g/mol. The van der Waals surface area contributed by atoms with E-state index in [9.17, 15) is 13.2 Å². The van der Waals surface area contributed by atoms with Crippen molar-refractivity contribution in [1.29, 1.82) is 0 Å². The lowest BCUT2D eigenvalue weighted by Gasteiger charge is -2.25. The Bertz CT molecular complexity index is 965. The normalized spacial score (nSPS) is 11.4. The molecule has 2 amide bonds. The van der Waals surface area contributed by atoms with Gasteiger partial charge in [0.15, 0.2) is 0 Å². The lowest BCUT2D eigenvalue weighted by Crippen LogP contribution is -2.37. The van der Waals surface area contributed by atoms with Crippen molar-refractivity contribution in [2.75, 3.05) is 17.6 Å². The first-order valence-electron chi connectivity index (χ1n) is 9.11. The van der Waals surface area contributed by atoms with Gasteiger partial charge in [0.25, 0.3) is 0 Å². The molecule has 29 heavy (non-hydrogen) atoms. The number of nitrogens with one attached hydrogen (secondary N) is 1. The van der Waals surface area contributed by atoms with Crippen LogP contribution in [0.4, 0.5) is 10.5 Å². The van der Waals surface area contributed by atoms with Gasteiger partial charge in [-0.25, -0.2) is 4.79 Å². The van der Waals surface area contributed by atoms with Crippen LogP contribution in [0.3, 0.4) is 0 Å². The summed E-state index contributed by atoms with van der Waals surface area (Å²) in [5.41, 5.74) is 1.28. The summed E-state index contributed by atoms with van der Waals surface area (Å²) in [7, 11) is -3.62. The highest BCUT2D eigenvalue weighted by Gasteiger charge is 2.17. The summed E-state index contributed by atoms with van der Waals surface area (Å²) in [5, 5.41) is 3.57. The molecule has 6 nitrogen and oxygen atoms in total. The van der Waals surface area contributed by atoms with Gasteiger partial charge >= 0.3 is 16.1 Å². The SMILES string of the molecule is CCS(=O)(=O)Oc1cccc(CN(CC(C)C)C(=O)Nc2ccc(Cl)c(Cl)c2)c1. The molecule has 0 bridgehead atoms. The summed E-state index contributed by atoms with van der Waals surface area (Å²) in [6, 6.07) is 11.3. The fraction of sp³-hybridized carbons (Fsp3) is 0.350. The predicted octanol–water partition coefficient (Wildman–Crippen LogP) is 5.41. The van der Waals surface area contributed by atoms with Crippen LogP contribution in [0.2, 0.25) is 10.0 Å². The largest absolute Gasteiger partial charge is 0.382 e. The molecule has 0 aromatic heterocycles. The number of halogens is 2. The van der Waals surface area contributed by atoms with Crippen LogP contribution in [0.5, 0.6) is 5.75 Å². The Morgan fingerprint density at radius 3 is 2.48 bits per heavy atom. The molecule has 0 radical (unpaired) electrons. The van der Waals surface area contributed by atoms with Crippen LogP contribution in [0.15, 0.2) is 42.5 Å². The zero-order valence-corrected chi connectivity index (χ0v) is 18.8. The minimum Gasteiger partial charge on any atom is -0.382 e. The third kappa shape index (κ3) is 7.42. The quantitative estimate of drug-likeness (QED) is 0.536. The van der Waals surface area contributed by atoms with Gasteiger partial charge in [0.2, 0.25) is 0 Å². The molecule has 2 aromatic rings. The Morgan fingerprint density at radius 1 is 1.14 bits per heavy atom. The molecular weight excluding hydrogens is 435 g/mol. The average Bonchev–Trinajstić information content (AvgIpc) is 2.64. The van der Waals surface area contributed by atoms with Crippen LogP contribution < -0.4 is 9.50 Å². The lowest BCUT2D eigenvalue weighted by atomic mass is 10.1. The molecule has 0 heterocycles. The molecule has 0 unspecified atom stereocenters. The van der Waals surface area contributed by atoms with Gasteiger partial charge in [-0.3, -0.25) is 0 Å². The Hall–Kier alpha value is -1.96. The Labute approximate surface area is 181 Å². The molecule has 9 heteroatoms. The van der Waals surface area contributed by atoms with Crippen molar-refractivity contribution in [3.63, 3.8) is 0 Å². The van der Waals surface area contributed by atoms with Gasteiger partial charge in [-0.05, 0) is 48.7 Å². The van der Waals surface area contributed by atoms with E-state index in [0.29, 0.717) is 22.3 Å². The summed E-state index contributed by atoms with van der Waals surface area (Å²) in [6.45, 7) is 6.32. The number of anilines is 1. The molecule has 0 fully saturated rings. The van der Waals surface area contributed by atoms with Crippen molar-refractivity contribution < 1.29 is 17.4 Å². The molecule has 0 aliphatic carbocycles. The van der Waals surface area contributed by atoms with Crippen LogP contribution in [-0.2, 0) is 16.7 Å². The maximum absolute atomic E-state index is 12.8. The second-order valence-corrected chi connectivity index (χ2v) is 9.58. The number of hydrogen-bond acceptors (Lipinski definition) is 4. The van der Waals surface area contributed by atoms with E-state index in [1.165, 1.54) is 6.92 Å². The van der Waals surface area contributed by atoms with Gasteiger partial charge in [-0.2, -0.15) is 8.42 Å². The van der Waals surface area contributed by atoms with Crippen molar-refractivity contribution in [2.45, 2.75) is 27.3 Å². The van der Waals surface area contributed by atoms with Crippen LogP contribution in [0.1, 0.15) is 26.3 Å². The summed E-state index contributed by atoms with van der Waals surface area (Å²) < 4.78 is 28.4. The van der Waals surface area contributed by atoms with E-state index in [-0.39, 0.29) is 30.0 Å². The van der Waals surface area contributed by atoms with E-state index in [0.717, 1.165) is 5.56 Å². The molecule has 0 spiro atoms. The van der Waals surface area contributed by atoms with Crippen LogP contribution in [-0.4, -0.2) is 31.6 Å². The van der Waals surface area contributed by atoms with E-state index in [1.807, 2.05) is 19.9 Å². The Kier molecular flexibility index (Phi) is 8.19. The van der Waals surface area contributed by atoms with Crippen molar-refractivity contribution in [3.05, 3.63) is 58.1 Å². The molecular formula is C20H24Cl2N2O4S. The molecule has 1 N–H and O–H groups in total. The third-order valence-electron chi connectivity index (χ3n) is 3.89. The first-order valence-corrected chi connectivity index (χ1v) is 11.4. The van der Waals surface area contributed by atoms with E-state index in [1.54, 1.807) is 41.3 Å². The minimum absolute atomic E-state index is 0.122. The summed E-state index contributed by atoms with van der Waals surface area (Å²) in [5.74, 6) is 0.330. The molecule has 2 aromatic carbocycles. The number of hydrogen-bond donors (Lipinski definition) is 1. The fourth-order valence-corrected chi connectivity index (χ4v) is 3.37. The lowest BCUT2D eigenvalue weighted by molar-refractivity contribution is 0.201. The number of amides is 2. The van der Waals surface area contributed by atoms with Crippen LogP contribution in [0, 0.1) is 5.92 Å². The fourth-order valence-electron chi connectivity index (χ4n) is 2.56.